The largest absolute Gasteiger partial charge is 0.382 e. The van der Waals surface area contributed by atoms with Crippen molar-refractivity contribution >= 4 is 0 Å². The Bertz CT molecular complexity index is 222. The molecule has 1 aromatic rings. The smallest absolute Gasteiger partial charge is 0.134 e. The van der Waals surface area contributed by atoms with E-state index in [0.717, 1.165) is 11.5 Å². The van der Waals surface area contributed by atoms with E-state index in [1.807, 2.05) is 13.0 Å². The molecule has 0 radical (unpaired) electrons. The molecule has 1 aromatic heterocycles. The summed E-state index contributed by atoms with van der Waals surface area (Å²) in [5.74, 6) is 0.806. The van der Waals surface area contributed by atoms with Gasteiger partial charge in [-0.05, 0) is 6.92 Å². The van der Waals surface area contributed by atoms with E-state index in [-0.39, 0.29) is 0 Å². The van der Waals surface area contributed by atoms with E-state index in [2.05, 4.69) is 5.16 Å². The zero-order valence-corrected chi connectivity index (χ0v) is 7.37. The summed E-state index contributed by atoms with van der Waals surface area (Å²) in [7, 11) is 1.64. The molecular formula is C8H13NO3. The number of hydrogen-bond donors (Lipinski definition) is 0. The molecule has 0 atom stereocenters. The summed E-state index contributed by atoms with van der Waals surface area (Å²) in [5, 5.41) is 3.77. The molecule has 0 bridgehead atoms. The van der Waals surface area contributed by atoms with Crippen molar-refractivity contribution in [3.05, 3.63) is 17.5 Å². The highest BCUT2D eigenvalue weighted by atomic mass is 16.5. The predicted molar refractivity (Wildman–Crippen MR) is 42.8 cm³/mol. The third-order valence-corrected chi connectivity index (χ3v) is 1.36. The van der Waals surface area contributed by atoms with Crippen LogP contribution in [0.3, 0.4) is 0 Å². The van der Waals surface area contributed by atoms with E-state index in [1.165, 1.54) is 0 Å². The molecule has 0 spiro atoms. The molecule has 0 unspecified atom stereocenters. The monoisotopic (exact) mass is 171 g/mol. The van der Waals surface area contributed by atoms with E-state index < -0.39 is 0 Å². The van der Waals surface area contributed by atoms with Crippen LogP contribution < -0.4 is 0 Å². The molecular weight excluding hydrogens is 158 g/mol. The van der Waals surface area contributed by atoms with Crippen LogP contribution in [0.25, 0.3) is 0 Å². The molecule has 0 N–H and O–H groups in total. The van der Waals surface area contributed by atoms with Gasteiger partial charge in [-0.25, -0.2) is 0 Å². The summed E-state index contributed by atoms with van der Waals surface area (Å²) in [6, 6.07) is 1.85. The summed E-state index contributed by atoms with van der Waals surface area (Å²) in [6.45, 7) is 3.53. The number of ether oxygens (including phenoxy) is 2. The van der Waals surface area contributed by atoms with Gasteiger partial charge in [0.05, 0.1) is 19.8 Å². The molecule has 0 aliphatic heterocycles. The standard InChI is InChI=1S/C8H13NO3/c1-7-5-8(9-12-7)6-11-4-3-10-2/h5H,3-4,6H2,1-2H3. The quantitative estimate of drug-likeness (QED) is 0.623. The molecule has 4 nitrogen and oxygen atoms in total. The Morgan fingerprint density at radius 2 is 2.33 bits per heavy atom. The van der Waals surface area contributed by atoms with Crippen molar-refractivity contribution in [2.24, 2.45) is 0 Å². The van der Waals surface area contributed by atoms with Gasteiger partial charge in [0, 0.05) is 13.2 Å². The first-order chi connectivity index (χ1) is 5.83. The van der Waals surface area contributed by atoms with Crippen LogP contribution in [0.1, 0.15) is 11.5 Å². The van der Waals surface area contributed by atoms with Crippen LogP contribution in [0.5, 0.6) is 0 Å². The van der Waals surface area contributed by atoms with Gasteiger partial charge in [0.1, 0.15) is 11.5 Å². The fourth-order valence-electron chi connectivity index (χ4n) is 0.805. The maximum Gasteiger partial charge on any atom is 0.134 e. The van der Waals surface area contributed by atoms with Crippen molar-refractivity contribution in [3.8, 4) is 0 Å². The van der Waals surface area contributed by atoms with Crippen LogP contribution in [-0.4, -0.2) is 25.5 Å². The Balaban J connectivity index is 2.15. The van der Waals surface area contributed by atoms with E-state index in [9.17, 15) is 0 Å². The fraction of sp³-hybridized carbons (Fsp3) is 0.625. The van der Waals surface area contributed by atoms with Gasteiger partial charge in [-0.15, -0.1) is 0 Å². The molecule has 0 fully saturated rings. The number of rotatable bonds is 5. The SMILES string of the molecule is COCCOCc1cc(C)on1. The van der Waals surface area contributed by atoms with E-state index in [4.69, 9.17) is 14.0 Å². The maximum atomic E-state index is 5.23. The molecule has 0 saturated heterocycles. The molecule has 4 heteroatoms. The average Bonchev–Trinajstić information content (AvgIpc) is 2.45. The van der Waals surface area contributed by atoms with Gasteiger partial charge in [0.2, 0.25) is 0 Å². The number of aromatic nitrogens is 1. The second-order valence-corrected chi connectivity index (χ2v) is 2.47. The molecule has 0 amide bonds. The van der Waals surface area contributed by atoms with Crippen molar-refractivity contribution in [1.29, 1.82) is 0 Å². The van der Waals surface area contributed by atoms with Crippen molar-refractivity contribution in [2.45, 2.75) is 13.5 Å². The van der Waals surface area contributed by atoms with Crippen LogP contribution in [0, 0.1) is 6.92 Å². The Labute approximate surface area is 71.4 Å². The predicted octanol–water partition coefficient (Wildman–Crippen LogP) is 1.15. The second kappa shape index (κ2) is 4.90. The minimum Gasteiger partial charge on any atom is -0.382 e. The average molecular weight is 171 g/mol. The molecule has 12 heavy (non-hydrogen) atoms. The first-order valence-electron chi connectivity index (χ1n) is 3.82. The van der Waals surface area contributed by atoms with E-state index in [0.29, 0.717) is 19.8 Å². The second-order valence-electron chi connectivity index (χ2n) is 2.47. The topological polar surface area (TPSA) is 44.5 Å². The summed E-state index contributed by atoms with van der Waals surface area (Å²) >= 11 is 0. The highest BCUT2D eigenvalue weighted by molar-refractivity contribution is 5.01. The van der Waals surface area contributed by atoms with Crippen molar-refractivity contribution in [2.75, 3.05) is 20.3 Å². The summed E-state index contributed by atoms with van der Waals surface area (Å²) in [6.07, 6.45) is 0. The van der Waals surface area contributed by atoms with E-state index >= 15 is 0 Å². The number of methoxy groups -OCH3 is 1. The van der Waals surface area contributed by atoms with Gasteiger partial charge in [0.15, 0.2) is 0 Å². The third kappa shape index (κ3) is 3.02. The zero-order valence-electron chi connectivity index (χ0n) is 7.37. The minimum absolute atomic E-state index is 0.487. The van der Waals surface area contributed by atoms with Crippen molar-refractivity contribution in [3.63, 3.8) is 0 Å². The molecule has 1 heterocycles. The highest BCUT2D eigenvalue weighted by Crippen LogP contribution is 2.02. The lowest BCUT2D eigenvalue weighted by Crippen LogP contribution is -2.01. The first kappa shape index (κ1) is 9.22. The first-order valence-corrected chi connectivity index (χ1v) is 3.82. The number of aryl methyl sites for hydroxylation is 1. The van der Waals surface area contributed by atoms with Crippen LogP contribution >= 0.6 is 0 Å². The lowest BCUT2D eigenvalue weighted by molar-refractivity contribution is 0.0590. The Kier molecular flexibility index (Phi) is 3.76. The fourth-order valence-corrected chi connectivity index (χ4v) is 0.805. The molecule has 0 aromatic carbocycles. The number of hydrogen-bond acceptors (Lipinski definition) is 4. The molecule has 68 valence electrons. The van der Waals surface area contributed by atoms with Crippen LogP contribution in [0.15, 0.2) is 10.6 Å². The highest BCUT2D eigenvalue weighted by Gasteiger charge is 1.98. The van der Waals surface area contributed by atoms with Crippen LogP contribution in [0.4, 0.5) is 0 Å². The summed E-state index contributed by atoms with van der Waals surface area (Å²) < 4.78 is 14.9. The Hall–Kier alpha value is -0.870. The van der Waals surface area contributed by atoms with Gasteiger partial charge < -0.3 is 14.0 Å². The van der Waals surface area contributed by atoms with Crippen molar-refractivity contribution in [1.82, 2.24) is 5.16 Å². The van der Waals surface area contributed by atoms with Gasteiger partial charge in [0.25, 0.3) is 0 Å². The van der Waals surface area contributed by atoms with Gasteiger partial charge in [-0.2, -0.15) is 0 Å². The zero-order chi connectivity index (χ0) is 8.81. The molecule has 0 aliphatic rings. The molecule has 0 aliphatic carbocycles. The van der Waals surface area contributed by atoms with E-state index in [1.54, 1.807) is 7.11 Å². The Morgan fingerprint density at radius 1 is 1.50 bits per heavy atom. The maximum absolute atomic E-state index is 5.23. The summed E-state index contributed by atoms with van der Waals surface area (Å²) in [5.41, 5.74) is 0.823. The van der Waals surface area contributed by atoms with Crippen molar-refractivity contribution < 1.29 is 14.0 Å². The van der Waals surface area contributed by atoms with Crippen LogP contribution in [0.2, 0.25) is 0 Å². The Morgan fingerprint density at radius 3 is 2.92 bits per heavy atom. The van der Waals surface area contributed by atoms with Gasteiger partial charge in [-0.3, -0.25) is 0 Å². The van der Waals surface area contributed by atoms with Gasteiger partial charge >= 0.3 is 0 Å². The lowest BCUT2D eigenvalue weighted by Gasteiger charge is -1.98. The van der Waals surface area contributed by atoms with Crippen LogP contribution in [-0.2, 0) is 16.1 Å². The molecule has 1 rings (SSSR count). The normalized spacial score (nSPS) is 10.5. The number of nitrogens with zero attached hydrogens (tertiary/aromatic N) is 1. The third-order valence-electron chi connectivity index (χ3n) is 1.36. The summed E-state index contributed by atoms with van der Waals surface area (Å²) in [4.78, 5) is 0. The lowest BCUT2D eigenvalue weighted by atomic mass is 10.4. The molecule has 0 saturated carbocycles. The minimum atomic E-state index is 0.487. The van der Waals surface area contributed by atoms with Gasteiger partial charge in [-0.1, -0.05) is 5.16 Å².